The molecular weight excluding hydrogens is 482 g/mol. The Morgan fingerprint density at radius 3 is 2.34 bits per heavy atom. The maximum atomic E-state index is 13.3. The molecule has 0 aliphatic heterocycles. The van der Waals surface area contributed by atoms with E-state index in [4.69, 9.17) is 9.94 Å². The fourth-order valence-electron chi connectivity index (χ4n) is 3.75. The van der Waals surface area contributed by atoms with Gasteiger partial charge in [0.15, 0.2) is 0 Å². The van der Waals surface area contributed by atoms with Crippen molar-refractivity contribution in [2.24, 2.45) is 11.8 Å². The Morgan fingerprint density at radius 1 is 1.03 bits per heavy atom. The van der Waals surface area contributed by atoms with Crippen LogP contribution in [0, 0.1) is 11.8 Å². The van der Waals surface area contributed by atoms with Crippen LogP contribution >= 0.6 is 0 Å². The Morgan fingerprint density at radius 2 is 1.71 bits per heavy atom. The minimum absolute atomic E-state index is 0.0710. The molecule has 12 heteroatoms. The monoisotopic (exact) mass is 500 g/mol. The van der Waals surface area contributed by atoms with Gasteiger partial charge < -0.3 is 9.47 Å². The van der Waals surface area contributed by atoms with E-state index in [1.54, 1.807) is 29.7 Å². The topological polar surface area (TPSA) is 80.7 Å². The number of hydrogen-bond donors (Lipinski definition) is 2. The zero-order chi connectivity index (χ0) is 25.4. The molecule has 3 aromatic rings. The molecule has 35 heavy (non-hydrogen) atoms. The van der Waals surface area contributed by atoms with Gasteiger partial charge in [-0.1, -0.05) is 24.3 Å². The van der Waals surface area contributed by atoms with Crippen LogP contribution in [0.4, 0.5) is 26.3 Å². The summed E-state index contributed by atoms with van der Waals surface area (Å²) in [7, 11) is 0. The largest absolute Gasteiger partial charge is 0.573 e. The highest BCUT2D eigenvalue weighted by Crippen LogP contribution is 2.41. The fourth-order valence-corrected chi connectivity index (χ4v) is 3.75. The summed E-state index contributed by atoms with van der Waals surface area (Å²) in [6, 6.07) is 10.4. The number of carbonyl (C=O) groups is 1. The molecule has 1 heterocycles. The zero-order valence-corrected chi connectivity index (χ0v) is 17.8. The van der Waals surface area contributed by atoms with Crippen molar-refractivity contribution in [1.29, 1.82) is 0 Å². The Bertz CT molecular complexity index is 1230. The predicted molar refractivity (Wildman–Crippen MR) is 109 cm³/mol. The van der Waals surface area contributed by atoms with Gasteiger partial charge in [0, 0.05) is 17.4 Å². The van der Waals surface area contributed by atoms with E-state index in [1.165, 1.54) is 0 Å². The van der Waals surface area contributed by atoms with Gasteiger partial charge in [0.1, 0.15) is 23.8 Å². The van der Waals surface area contributed by atoms with Gasteiger partial charge in [0.2, 0.25) is 5.91 Å². The third-order valence-electron chi connectivity index (χ3n) is 5.55. The van der Waals surface area contributed by atoms with Gasteiger partial charge in [0.25, 0.3) is 0 Å². The molecule has 0 unspecified atom stereocenters. The van der Waals surface area contributed by atoms with Crippen molar-refractivity contribution >= 4 is 16.8 Å². The minimum atomic E-state index is -4.97. The number of hydroxylamine groups is 1. The van der Waals surface area contributed by atoms with Crippen molar-refractivity contribution in [2.45, 2.75) is 32.0 Å². The Labute approximate surface area is 194 Å². The summed E-state index contributed by atoms with van der Waals surface area (Å²) in [5.74, 6) is -1.46. The molecular formula is C23H18F6N2O4. The number of nitrogens with zero attached hydrogens (tertiary/aromatic N) is 1. The first kappa shape index (κ1) is 24.6. The minimum Gasteiger partial charge on any atom is -0.488 e. The van der Waals surface area contributed by atoms with Crippen LogP contribution in [0.1, 0.15) is 23.2 Å². The highest BCUT2D eigenvalue weighted by atomic mass is 19.4. The van der Waals surface area contributed by atoms with Crippen LogP contribution in [0.2, 0.25) is 0 Å². The SMILES string of the molecule is O=C(NO)[C@H]1C[C@H]1Cc1ccc(COc2cc(C(F)(F)F)nc3ccc(OC(F)(F)F)cc23)cc1. The van der Waals surface area contributed by atoms with E-state index >= 15 is 0 Å². The summed E-state index contributed by atoms with van der Waals surface area (Å²) >= 11 is 0. The number of rotatable bonds is 7. The number of alkyl halides is 6. The van der Waals surface area contributed by atoms with Crippen LogP contribution < -0.4 is 15.0 Å². The van der Waals surface area contributed by atoms with Gasteiger partial charge in [-0.2, -0.15) is 13.2 Å². The Hall–Kier alpha value is -3.54. The van der Waals surface area contributed by atoms with E-state index in [0.717, 1.165) is 23.8 Å². The maximum Gasteiger partial charge on any atom is 0.573 e. The number of carbonyl (C=O) groups excluding carboxylic acids is 1. The van der Waals surface area contributed by atoms with Gasteiger partial charge >= 0.3 is 12.5 Å². The van der Waals surface area contributed by atoms with Crippen molar-refractivity contribution in [1.82, 2.24) is 10.5 Å². The first-order valence-corrected chi connectivity index (χ1v) is 10.4. The van der Waals surface area contributed by atoms with Crippen LogP contribution in [-0.4, -0.2) is 22.5 Å². The normalized spacial score (nSPS) is 17.8. The smallest absolute Gasteiger partial charge is 0.488 e. The van der Waals surface area contributed by atoms with E-state index in [9.17, 15) is 31.1 Å². The molecule has 1 amide bonds. The maximum absolute atomic E-state index is 13.3. The van der Waals surface area contributed by atoms with Crippen molar-refractivity contribution in [2.75, 3.05) is 0 Å². The molecule has 186 valence electrons. The molecule has 0 saturated heterocycles. The van der Waals surface area contributed by atoms with E-state index < -0.39 is 29.9 Å². The van der Waals surface area contributed by atoms with Gasteiger partial charge in [-0.15, -0.1) is 13.2 Å². The molecule has 1 aliphatic rings. The standard InChI is InChI=1S/C23H18F6N2O4/c24-22(25,26)20-10-19(17-9-15(35-23(27,28)29)5-6-18(17)30-20)34-11-13-3-1-12(2-4-13)7-14-8-16(14)21(32)31-33/h1-6,9-10,14,16,33H,7-8,11H2,(H,31,32)/t14-,16+/m1/s1. The number of ether oxygens (including phenoxy) is 2. The van der Waals surface area contributed by atoms with E-state index in [1.807, 2.05) is 0 Å². The number of benzene rings is 2. The van der Waals surface area contributed by atoms with Crippen molar-refractivity contribution < 1.29 is 45.8 Å². The molecule has 1 aromatic heterocycles. The average molecular weight is 500 g/mol. The highest BCUT2D eigenvalue weighted by Gasteiger charge is 2.42. The van der Waals surface area contributed by atoms with Crippen LogP contribution in [0.3, 0.4) is 0 Å². The first-order chi connectivity index (χ1) is 16.4. The zero-order valence-electron chi connectivity index (χ0n) is 17.8. The van der Waals surface area contributed by atoms with Crippen LogP contribution in [0.5, 0.6) is 11.5 Å². The number of amides is 1. The van der Waals surface area contributed by atoms with Gasteiger partial charge in [-0.25, -0.2) is 10.5 Å². The first-order valence-electron chi connectivity index (χ1n) is 10.4. The molecule has 0 bridgehead atoms. The summed E-state index contributed by atoms with van der Waals surface area (Å²) in [4.78, 5) is 14.9. The van der Waals surface area contributed by atoms with Crippen molar-refractivity contribution in [3.05, 3.63) is 65.4 Å². The second-order valence-corrected chi connectivity index (χ2v) is 8.12. The number of fused-ring (bicyclic) bond motifs is 1. The summed E-state index contributed by atoms with van der Waals surface area (Å²) < 4.78 is 87.0. The second-order valence-electron chi connectivity index (χ2n) is 8.12. The summed E-state index contributed by atoms with van der Waals surface area (Å²) in [6.45, 7) is -0.153. The van der Waals surface area contributed by atoms with Gasteiger partial charge in [-0.3, -0.25) is 10.0 Å². The Balaban J connectivity index is 1.52. The third-order valence-corrected chi connectivity index (χ3v) is 5.55. The number of nitrogens with one attached hydrogen (secondary N) is 1. The molecule has 0 radical (unpaired) electrons. The second kappa shape index (κ2) is 9.25. The van der Waals surface area contributed by atoms with Gasteiger partial charge in [0.05, 0.1) is 5.52 Å². The fraction of sp³-hybridized carbons (Fsp3) is 0.304. The number of aromatic nitrogens is 1. The number of hydrogen-bond acceptors (Lipinski definition) is 5. The highest BCUT2D eigenvalue weighted by molar-refractivity contribution is 5.86. The number of halogens is 6. The lowest BCUT2D eigenvalue weighted by atomic mass is 10.1. The molecule has 4 rings (SSSR count). The lowest BCUT2D eigenvalue weighted by molar-refractivity contribution is -0.274. The van der Waals surface area contributed by atoms with Crippen LogP contribution in [-0.2, 0) is 24.0 Å². The van der Waals surface area contributed by atoms with Crippen molar-refractivity contribution in [3.8, 4) is 11.5 Å². The Kier molecular flexibility index (Phi) is 6.50. The van der Waals surface area contributed by atoms with Crippen LogP contribution in [0.25, 0.3) is 10.9 Å². The molecule has 2 atom stereocenters. The van der Waals surface area contributed by atoms with E-state index in [2.05, 4.69) is 9.72 Å². The summed E-state index contributed by atoms with van der Waals surface area (Å²) in [5.41, 5.74) is 1.72. The van der Waals surface area contributed by atoms with Crippen LogP contribution in [0.15, 0.2) is 48.5 Å². The summed E-state index contributed by atoms with van der Waals surface area (Å²) in [5, 5.41) is 8.60. The van der Waals surface area contributed by atoms with Gasteiger partial charge in [-0.05, 0) is 48.1 Å². The van der Waals surface area contributed by atoms with E-state index in [0.29, 0.717) is 24.5 Å². The lowest BCUT2D eigenvalue weighted by Crippen LogP contribution is -2.21. The molecule has 2 N–H and O–H groups in total. The molecule has 1 aliphatic carbocycles. The quantitative estimate of drug-likeness (QED) is 0.258. The lowest BCUT2D eigenvalue weighted by Gasteiger charge is -2.15. The molecule has 2 aromatic carbocycles. The molecule has 0 spiro atoms. The third kappa shape index (κ3) is 6.13. The predicted octanol–water partition coefficient (Wildman–Crippen LogP) is 5.42. The molecule has 1 saturated carbocycles. The number of pyridine rings is 1. The van der Waals surface area contributed by atoms with E-state index in [-0.39, 0.29) is 35.1 Å². The summed E-state index contributed by atoms with van der Waals surface area (Å²) in [6.07, 6.45) is -8.49. The average Bonchev–Trinajstić information content (AvgIpc) is 3.55. The molecule has 6 nitrogen and oxygen atoms in total. The molecule has 1 fully saturated rings. The van der Waals surface area contributed by atoms with Crippen molar-refractivity contribution in [3.63, 3.8) is 0 Å².